The summed E-state index contributed by atoms with van der Waals surface area (Å²) in [5, 5.41) is 2.92. The summed E-state index contributed by atoms with van der Waals surface area (Å²) in [4.78, 5) is 12.1. The zero-order valence-corrected chi connectivity index (χ0v) is 15.8. The van der Waals surface area contributed by atoms with Gasteiger partial charge in [-0.1, -0.05) is 44.5 Å². The van der Waals surface area contributed by atoms with Crippen LogP contribution < -0.4 is 5.32 Å². The molecule has 1 aromatic rings. The van der Waals surface area contributed by atoms with Crippen LogP contribution in [0.4, 0.5) is 0 Å². The van der Waals surface area contributed by atoms with E-state index < -0.39 is 10.0 Å². The number of carbonyl (C=O) groups is 1. The van der Waals surface area contributed by atoms with Gasteiger partial charge in [-0.15, -0.1) is 0 Å². The van der Waals surface area contributed by atoms with Crippen molar-refractivity contribution in [2.75, 3.05) is 26.3 Å². The van der Waals surface area contributed by atoms with Gasteiger partial charge in [-0.25, -0.2) is 8.42 Å². The van der Waals surface area contributed by atoms with E-state index in [1.165, 1.54) is 4.31 Å². The molecule has 0 bridgehead atoms. The number of hydrogen-bond donors (Lipinski definition) is 1. The van der Waals surface area contributed by atoms with Crippen molar-refractivity contribution in [2.45, 2.75) is 39.0 Å². The molecule has 1 aliphatic heterocycles. The lowest BCUT2D eigenvalue weighted by atomic mass is 10.0. The van der Waals surface area contributed by atoms with Gasteiger partial charge in [-0.3, -0.25) is 4.79 Å². The summed E-state index contributed by atoms with van der Waals surface area (Å²) in [5.74, 6) is -0.0780. The smallest absolute Gasteiger partial charge is 0.223 e. The monoisotopic (exact) mass is 368 g/mol. The zero-order chi connectivity index (χ0) is 18.3. The van der Waals surface area contributed by atoms with Crippen molar-refractivity contribution in [2.24, 2.45) is 5.92 Å². The Morgan fingerprint density at radius 2 is 1.88 bits per heavy atom. The lowest BCUT2D eigenvalue weighted by molar-refractivity contribution is -0.124. The topological polar surface area (TPSA) is 75.7 Å². The molecule has 0 aliphatic carbocycles. The quantitative estimate of drug-likeness (QED) is 0.760. The second-order valence-corrected chi connectivity index (χ2v) is 8.41. The van der Waals surface area contributed by atoms with Crippen LogP contribution in [0.3, 0.4) is 0 Å². The molecular weight excluding hydrogens is 340 g/mol. The molecule has 0 saturated carbocycles. The number of ether oxygens (including phenoxy) is 1. The molecule has 1 N–H and O–H groups in total. The van der Waals surface area contributed by atoms with Crippen LogP contribution in [0.15, 0.2) is 24.3 Å². The normalized spacial score (nSPS) is 17.2. The van der Waals surface area contributed by atoms with E-state index in [9.17, 15) is 13.2 Å². The first-order chi connectivity index (χ1) is 11.9. The first-order valence-corrected chi connectivity index (χ1v) is 10.4. The Bertz CT molecular complexity index is 669. The number of nitrogens with zero attached hydrogens (tertiary/aromatic N) is 1. The molecule has 0 spiro atoms. The Balaban J connectivity index is 2.03. The Morgan fingerprint density at radius 3 is 2.52 bits per heavy atom. The molecule has 1 saturated heterocycles. The Morgan fingerprint density at radius 1 is 1.24 bits per heavy atom. The summed E-state index contributed by atoms with van der Waals surface area (Å²) in [5.41, 5.74) is 1.58. The van der Waals surface area contributed by atoms with Gasteiger partial charge in [-0.2, -0.15) is 4.31 Å². The number of rotatable bonds is 8. The first kappa shape index (κ1) is 19.9. The van der Waals surface area contributed by atoms with Gasteiger partial charge in [0.1, 0.15) is 0 Å². The van der Waals surface area contributed by atoms with E-state index in [1.54, 1.807) is 0 Å². The summed E-state index contributed by atoms with van der Waals surface area (Å²) in [6, 6.07) is 7.38. The number of carbonyl (C=O) groups excluding carboxylic acids is 1. The third-order valence-electron chi connectivity index (χ3n) is 4.44. The van der Waals surface area contributed by atoms with Crippen LogP contribution in [0.25, 0.3) is 0 Å². The van der Waals surface area contributed by atoms with Crippen molar-refractivity contribution >= 4 is 15.9 Å². The summed E-state index contributed by atoms with van der Waals surface area (Å²) in [7, 11) is -3.38. The minimum atomic E-state index is -3.38. The summed E-state index contributed by atoms with van der Waals surface area (Å²) in [6.07, 6.45) is 1.81. The van der Waals surface area contributed by atoms with Crippen molar-refractivity contribution in [3.8, 4) is 0 Å². The van der Waals surface area contributed by atoms with Crippen LogP contribution in [0.2, 0.25) is 0 Å². The summed E-state index contributed by atoms with van der Waals surface area (Å²) >= 11 is 0. The molecule has 6 nitrogen and oxygen atoms in total. The lowest BCUT2D eigenvalue weighted by Gasteiger charge is -2.26. The molecule has 0 radical (unpaired) electrons. The van der Waals surface area contributed by atoms with Gasteiger partial charge < -0.3 is 10.1 Å². The molecule has 0 aromatic heterocycles. The molecule has 1 amide bonds. The van der Waals surface area contributed by atoms with Gasteiger partial charge in [0.2, 0.25) is 15.9 Å². The predicted octanol–water partition coefficient (Wildman–Crippen LogP) is 1.90. The molecule has 140 valence electrons. The number of morpholine rings is 1. The third-order valence-corrected chi connectivity index (χ3v) is 6.27. The van der Waals surface area contributed by atoms with E-state index in [2.05, 4.69) is 12.2 Å². The average molecular weight is 368 g/mol. The van der Waals surface area contributed by atoms with Crippen molar-refractivity contribution in [1.82, 2.24) is 9.62 Å². The van der Waals surface area contributed by atoms with Gasteiger partial charge in [-0.05, 0) is 17.5 Å². The highest BCUT2D eigenvalue weighted by atomic mass is 32.2. The van der Waals surface area contributed by atoms with Crippen LogP contribution in [-0.2, 0) is 31.9 Å². The second-order valence-electron chi connectivity index (χ2n) is 6.44. The van der Waals surface area contributed by atoms with Crippen molar-refractivity contribution < 1.29 is 17.9 Å². The Kier molecular flexibility index (Phi) is 7.40. The molecule has 1 unspecified atom stereocenters. The predicted molar refractivity (Wildman–Crippen MR) is 97.4 cm³/mol. The number of benzene rings is 1. The van der Waals surface area contributed by atoms with E-state index in [4.69, 9.17) is 4.74 Å². The van der Waals surface area contributed by atoms with E-state index >= 15 is 0 Å². The van der Waals surface area contributed by atoms with Crippen molar-refractivity contribution in [1.29, 1.82) is 0 Å². The number of sulfonamides is 1. The molecule has 1 aromatic carbocycles. The highest BCUT2D eigenvalue weighted by Gasteiger charge is 2.25. The summed E-state index contributed by atoms with van der Waals surface area (Å²) < 4.78 is 31.9. The van der Waals surface area contributed by atoms with Gasteiger partial charge in [0.05, 0.1) is 19.0 Å². The van der Waals surface area contributed by atoms with Crippen molar-refractivity contribution in [3.05, 3.63) is 35.4 Å². The maximum absolute atomic E-state index is 12.6. The van der Waals surface area contributed by atoms with Crippen LogP contribution in [0, 0.1) is 5.92 Å². The minimum absolute atomic E-state index is 0.00712. The van der Waals surface area contributed by atoms with E-state index in [0.29, 0.717) is 32.8 Å². The minimum Gasteiger partial charge on any atom is -0.379 e. The maximum atomic E-state index is 12.6. The van der Waals surface area contributed by atoms with Gasteiger partial charge in [0, 0.05) is 25.6 Å². The highest BCUT2D eigenvalue weighted by Crippen LogP contribution is 2.17. The third kappa shape index (κ3) is 5.80. The standard InChI is InChI=1S/C18H28N2O4S/c1-3-6-15(2)18(21)19-13-16-7-4-5-8-17(16)14-25(22,23)20-9-11-24-12-10-20/h4-5,7-8,15H,3,6,9-14H2,1-2H3,(H,19,21). The fourth-order valence-corrected chi connectivity index (χ4v) is 4.47. The van der Waals surface area contributed by atoms with Gasteiger partial charge in [0.15, 0.2) is 0 Å². The maximum Gasteiger partial charge on any atom is 0.223 e. The average Bonchev–Trinajstić information content (AvgIpc) is 2.61. The van der Waals surface area contributed by atoms with Gasteiger partial charge in [0.25, 0.3) is 0 Å². The number of amides is 1. The van der Waals surface area contributed by atoms with E-state index in [0.717, 1.165) is 24.0 Å². The molecule has 1 atom stereocenters. The molecule has 1 fully saturated rings. The Hall–Kier alpha value is -1.44. The van der Waals surface area contributed by atoms with Gasteiger partial charge >= 0.3 is 0 Å². The highest BCUT2D eigenvalue weighted by molar-refractivity contribution is 7.88. The molecule has 25 heavy (non-hydrogen) atoms. The van der Waals surface area contributed by atoms with Crippen LogP contribution in [0.5, 0.6) is 0 Å². The largest absolute Gasteiger partial charge is 0.379 e. The van der Waals surface area contributed by atoms with Crippen LogP contribution in [-0.4, -0.2) is 44.9 Å². The molecule has 7 heteroatoms. The molecule has 1 heterocycles. The molecule has 2 rings (SSSR count). The number of nitrogens with one attached hydrogen (secondary N) is 1. The van der Waals surface area contributed by atoms with Crippen LogP contribution >= 0.6 is 0 Å². The zero-order valence-electron chi connectivity index (χ0n) is 15.0. The Labute approximate surface area is 150 Å². The fraction of sp³-hybridized carbons (Fsp3) is 0.611. The summed E-state index contributed by atoms with van der Waals surface area (Å²) in [6.45, 7) is 5.98. The number of hydrogen-bond acceptors (Lipinski definition) is 4. The fourth-order valence-electron chi connectivity index (χ4n) is 2.90. The van der Waals surface area contributed by atoms with Crippen molar-refractivity contribution in [3.63, 3.8) is 0 Å². The first-order valence-electron chi connectivity index (χ1n) is 8.84. The molecular formula is C18H28N2O4S. The van der Waals surface area contributed by atoms with E-state index in [1.807, 2.05) is 31.2 Å². The van der Waals surface area contributed by atoms with Crippen LogP contribution in [0.1, 0.15) is 37.8 Å². The second kappa shape index (κ2) is 9.31. The van der Waals surface area contributed by atoms with E-state index in [-0.39, 0.29) is 17.6 Å². The molecule has 1 aliphatic rings. The SMILES string of the molecule is CCCC(C)C(=O)NCc1ccccc1CS(=O)(=O)N1CCOCC1. The lowest BCUT2D eigenvalue weighted by Crippen LogP contribution is -2.41.